The minimum absolute atomic E-state index is 0.131. The van der Waals surface area contributed by atoms with Gasteiger partial charge < -0.3 is 16.2 Å². The monoisotopic (exact) mass is 298 g/mol. The Morgan fingerprint density at radius 2 is 1.80 bits per heavy atom. The van der Waals surface area contributed by atoms with Gasteiger partial charge in [-0.15, -0.1) is 0 Å². The molecule has 106 valence electrons. The summed E-state index contributed by atoms with van der Waals surface area (Å²) >= 11 is 1.24. The fourth-order valence-electron chi connectivity index (χ4n) is 1.50. The molecule has 4 N–H and O–H groups in total. The van der Waals surface area contributed by atoms with E-state index in [9.17, 15) is 8.78 Å². The van der Waals surface area contributed by atoms with Crippen LogP contribution in [0.15, 0.2) is 35.5 Å². The number of aromatic nitrogens is 2. The zero-order chi connectivity index (χ0) is 14.5. The zero-order valence-electron chi connectivity index (χ0n) is 10.3. The maximum absolute atomic E-state index is 12.3. The normalized spacial score (nSPS) is 10.8. The Morgan fingerprint density at radius 1 is 1.15 bits per heavy atom. The highest BCUT2D eigenvalue weighted by Crippen LogP contribution is 2.27. The molecule has 1 aromatic carbocycles. The molecule has 2 aromatic rings. The van der Waals surface area contributed by atoms with Gasteiger partial charge in [0.2, 0.25) is 0 Å². The van der Waals surface area contributed by atoms with Crippen molar-refractivity contribution in [3.8, 4) is 5.75 Å². The molecule has 0 atom stereocenters. The van der Waals surface area contributed by atoms with Gasteiger partial charge >= 0.3 is 6.61 Å². The van der Waals surface area contributed by atoms with E-state index in [1.807, 2.05) is 0 Å². The van der Waals surface area contributed by atoms with Crippen molar-refractivity contribution in [3.05, 3.63) is 35.9 Å². The van der Waals surface area contributed by atoms with E-state index in [2.05, 4.69) is 14.7 Å². The molecule has 0 spiro atoms. The van der Waals surface area contributed by atoms with E-state index in [0.717, 1.165) is 0 Å². The Hall–Kier alpha value is -2.09. The van der Waals surface area contributed by atoms with Crippen LogP contribution in [0.5, 0.6) is 5.75 Å². The van der Waals surface area contributed by atoms with Crippen LogP contribution in [0.4, 0.5) is 20.4 Å². The van der Waals surface area contributed by atoms with E-state index >= 15 is 0 Å². The van der Waals surface area contributed by atoms with E-state index in [4.69, 9.17) is 11.5 Å². The number of para-hydroxylation sites is 1. The molecule has 0 aliphatic rings. The van der Waals surface area contributed by atoms with Crippen LogP contribution in [0, 0.1) is 0 Å². The van der Waals surface area contributed by atoms with Crippen molar-refractivity contribution in [3.63, 3.8) is 0 Å². The maximum Gasteiger partial charge on any atom is 0.387 e. The van der Waals surface area contributed by atoms with Crippen LogP contribution in [-0.2, 0) is 5.75 Å². The lowest BCUT2D eigenvalue weighted by molar-refractivity contribution is -0.0503. The minimum atomic E-state index is -2.86. The van der Waals surface area contributed by atoms with Crippen molar-refractivity contribution < 1.29 is 13.5 Å². The highest BCUT2D eigenvalue weighted by Gasteiger charge is 2.10. The quantitative estimate of drug-likeness (QED) is 0.651. The van der Waals surface area contributed by atoms with Gasteiger partial charge in [-0.05, 0) is 6.07 Å². The average Bonchev–Trinajstić information content (AvgIpc) is 2.36. The number of thioether (sulfide) groups is 1. The van der Waals surface area contributed by atoms with Crippen LogP contribution in [0.25, 0.3) is 0 Å². The smallest absolute Gasteiger partial charge is 0.387 e. The number of rotatable bonds is 5. The lowest BCUT2D eigenvalue weighted by Gasteiger charge is -2.10. The van der Waals surface area contributed by atoms with Gasteiger partial charge in [-0.25, -0.2) is 9.97 Å². The lowest BCUT2D eigenvalue weighted by Crippen LogP contribution is -2.04. The molecule has 0 radical (unpaired) electrons. The first-order valence-corrected chi connectivity index (χ1v) is 6.58. The molecule has 0 amide bonds. The van der Waals surface area contributed by atoms with E-state index in [0.29, 0.717) is 16.5 Å². The van der Waals surface area contributed by atoms with Crippen molar-refractivity contribution >= 4 is 23.4 Å². The molecule has 8 heteroatoms. The number of ether oxygens (including phenoxy) is 1. The number of hydrogen-bond acceptors (Lipinski definition) is 6. The fourth-order valence-corrected chi connectivity index (χ4v) is 2.37. The average molecular weight is 298 g/mol. The fraction of sp³-hybridized carbons (Fsp3) is 0.167. The summed E-state index contributed by atoms with van der Waals surface area (Å²) in [7, 11) is 0. The number of nitrogens with two attached hydrogens (primary N) is 2. The topological polar surface area (TPSA) is 87.1 Å². The number of hydrogen-bond donors (Lipinski definition) is 2. The van der Waals surface area contributed by atoms with Gasteiger partial charge in [0.1, 0.15) is 17.4 Å². The predicted octanol–water partition coefficient (Wildman–Crippen LogP) is 2.53. The second kappa shape index (κ2) is 6.38. The Kier molecular flexibility index (Phi) is 4.57. The number of benzene rings is 1. The van der Waals surface area contributed by atoms with Crippen molar-refractivity contribution in [2.24, 2.45) is 0 Å². The van der Waals surface area contributed by atoms with Crippen LogP contribution in [0.2, 0.25) is 0 Å². The summed E-state index contributed by atoms with van der Waals surface area (Å²) in [5.74, 6) is 1.02. The van der Waals surface area contributed by atoms with E-state index in [1.54, 1.807) is 18.2 Å². The van der Waals surface area contributed by atoms with Gasteiger partial charge in [-0.3, -0.25) is 0 Å². The minimum Gasteiger partial charge on any atom is -0.435 e. The number of nitrogens with zero attached hydrogens (tertiary/aromatic N) is 2. The second-order valence-electron chi connectivity index (χ2n) is 3.78. The summed E-state index contributed by atoms with van der Waals surface area (Å²) in [6.07, 6.45) is 0. The molecule has 0 bridgehead atoms. The van der Waals surface area contributed by atoms with Crippen molar-refractivity contribution in [2.45, 2.75) is 17.5 Å². The first kappa shape index (κ1) is 14.3. The van der Waals surface area contributed by atoms with Crippen molar-refractivity contribution in [2.75, 3.05) is 11.5 Å². The summed E-state index contributed by atoms with van der Waals surface area (Å²) < 4.78 is 29.0. The van der Waals surface area contributed by atoms with Gasteiger partial charge in [0.05, 0.1) is 0 Å². The highest BCUT2D eigenvalue weighted by molar-refractivity contribution is 7.98. The number of anilines is 2. The number of alkyl halides is 2. The highest BCUT2D eigenvalue weighted by atomic mass is 32.2. The summed E-state index contributed by atoms with van der Waals surface area (Å²) in [5.41, 5.74) is 11.7. The third-order valence-electron chi connectivity index (χ3n) is 2.29. The Labute approximate surface area is 118 Å². The van der Waals surface area contributed by atoms with Crippen LogP contribution in [0.1, 0.15) is 5.56 Å². The second-order valence-corrected chi connectivity index (χ2v) is 4.72. The molecule has 5 nitrogen and oxygen atoms in total. The summed E-state index contributed by atoms with van der Waals surface area (Å²) in [5, 5.41) is 0.384. The summed E-state index contributed by atoms with van der Waals surface area (Å²) in [6.45, 7) is -2.86. The van der Waals surface area contributed by atoms with Gasteiger partial charge in [-0.2, -0.15) is 8.78 Å². The largest absolute Gasteiger partial charge is 0.435 e. The first-order valence-electron chi connectivity index (χ1n) is 5.60. The molecule has 1 aromatic heterocycles. The molecule has 1 heterocycles. The molecule has 0 unspecified atom stereocenters. The van der Waals surface area contributed by atoms with Crippen LogP contribution >= 0.6 is 11.8 Å². The Morgan fingerprint density at radius 3 is 2.45 bits per heavy atom. The van der Waals surface area contributed by atoms with E-state index < -0.39 is 6.61 Å². The molecular formula is C12H12F2N4OS. The van der Waals surface area contributed by atoms with E-state index in [-0.39, 0.29) is 17.4 Å². The summed E-state index contributed by atoms with van der Waals surface area (Å²) in [4.78, 5) is 8.00. The molecule has 0 aliphatic carbocycles. The number of nitrogen functional groups attached to an aromatic ring is 2. The third-order valence-corrected chi connectivity index (χ3v) is 3.19. The van der Waals surface area contributed by atoms with Gasteiger partial charge in [0.15, 0.2) is 5.16 Å². The van der Waals surface area contributed by atoms with Crippen molar-refractivity contribution in [1.29, 1.82) is 0 Å². The van der Waals surface area contributed by atoms with Crippen LogP contribution in [-0.4, -0.2) is 16.6 Å². The van der Waals surface area contributed by atoms with Gasteiger partial charge in [0.25, 0.3) is 0 Å². The molecule has 0 fully saturated rings. The molecule has 2 rings (SSSR count). The SMILES string of the molecule is Nc1cc(N)nc(SCc2ccccc2OC(F)F)n1. The third kappa shape index (κ3) is 3.95. The zero-order valence-corrected chi connectivity index (χ0v) is 11.1. The van der Waals surface area contributed by atoms with Crippen LogP contribution in [0.3, 0.4) is 0 Å². The Bertz CT molecular complexity index is 577. The standard InChI is InChI=1S/C12H12F2N4OS/c13-11(14)19-8-4-2-1-3-7(8)6-20-12-17-9(15)5-10(16)18-12/h1-5,11H,6H2,(H4,15,16,17,18). The molecule has 0 aliphatic heterocycles. The molecular weight excluding hydrogens is 286 g/mol. The Balaban J connectivity index is 2.10. The molecule has 20 heavy (non-hydrogen) atoms. The first-order chi connectivity index (χ1) is 9.54. The number of halogens is 2. The van der Waals surface area contributed by atoms with Gasteiger partial charge in [-0.1, -0.05) is 30.0 Å². The maximum atomic E-state index is 12.3. The molecule has 0 saturated carbocycles. The lowest BCUT2D eigenvalue weighted by atomic mass is 10.2. The molecule has 0 saturated heterocycles. The van der Waals surface area contributed by atoms with Crippen LogP contribution < -0.4 is 16.2 Å². The van der Waals surface area contributed by atoms with Crippen molar-refractivity contribution in [1.82, 2.24) is 9.97 Å². The van der Waals surface area contributed by atoms with E-state index in [1.165, 1.54) is 23.9 Å². The predicted molar refractivity (Wildman–Crippen MR) is 73.5 cm³/mol. The van der Waals surface area contributed by atoms with Gasteiger partial charge in [0, 0.05) is 17.4 Å². The summed E-state index contributed by atoms with van der Waals surface area (Å²) in [6, 6.07) is 7.98.